The van der Waals surface area contributed by atoms with Crippen molar-refractivity contribution in [2.75, 3.05) is 19.8 Å². The predicted molar refractivity (Wildman–Crippen MR) is 274 cm³/mol. The normalized spacial score (nSPS) is 14.5. The number of hydrogen-bond donors (Lipinski definition) is 2. The van der Waals surface area contributed by atoms with Crippen LogP contribution in [0.15, 0.2) is 11.5 Å². The summed E-state index contributed by atoms with van der Waals surface area (Å²) >= 11 is 0. The van der Waals surface area contributed by atoms with Crippen molar-refractivity contribution in [1.29, 1.82) is 0 Å². The molecule has 0 aliphatic carbocycles. The highest BCUT2D eigenvalue weighted by Gasteiger charge is 2.44. The Labute approximate surface area is 415 Å². The van der Waals surface area contributed by atoms with E-state index in [0.29, 0.717) is 19.3 Å². The van der Waals surface area contributed by atoms with Crippen molar-refractivity contribution in [3.8, 4) is 0 Å². The van der Waals surface area contributed by atoms with E-state index in [1.165, 1.54) is 180 Å². The zero-order valence-corrected chi connectivity index (χ0v) is 44.1. The molecule has 0 aromatic carbocycles. The number of cyclic esters (lactones) is 1. The summed E-state index contributed by atoms with van der Waals surface area (Å²) in [5.41, 5.74) is 0. The van der Waals surface area contributed by atoms with Crippen molar-refractivity contribution < 1.29 is 53.1 Å². The topological polar surface area (TPSA) is 155 Å². The lowest BCUT2D eigenvalue weighted by atomic mass is 10.0. The molecular formula is C57H104O11. The first-order valence-corrected chi connectivity index (χ1v) is 28.7. The van der Waals surface area contributed by atoms with Crippen LogP contribution in [0.4, 0.5) is 0 Å². The Bertz CT molecular complexity index is 1250. The molecule has 3 atom stereocenters. The van der Waals surface area contributed by atoms with E-state index in [1.807, 2.05) is 0 Å². The van der Waals surface area contributed by atoms with Crippen LogP contribution in [-0.4, -0.2) is 72.2 Å². The summed E-state index contributed by atoms with van der Waals surface area (Å²) in [5, 5.41) is 21.7. The molecule has 398 valence electrons. The van der Waals surface area contributed by atoms with Crippen molar-refractivity contribution in [2.45, 2.75) is 309 Å². The summed E-state index contributed by atoms with van der Waals surface area (Å²) in [6.45, 7) is 5.46. The van der Waals surface area contributed by atoms with Crippen LogP contribution in [-0.2, 0) is 42.9 Å². The van der Waals surface area contributed by atoms with E-state index in [9.17, 15) is 29.4 Å². The van der Waals surface area contributed by atoms with Gasteiger partial charge in [-0.3, -0.25) is 14.4 Å². The molecule has 1 aliphatic heterocycles. The molecule has 0 radical (unpaired) electrons. The van der Waals surface area contributed by atoms with Gasteiger partial charge in [-0.1, -0.05) is 252 Å². The summed E-state index contributed by atoms with van der Waals surface area (Å²) in [5.74, 6) is -3.25. The number of aliphatic hydroxyl groups is 2. The van der Waals surface area contributed by atoms with Crippen molar-refractivity contribution in [2.24, 2.45) is 0 Å². The van der Waals surface area contributed by atoms with Gasteiger partial charge in [0.2, 0.25) is 11.5 Å². The van der Waals surface area contributed by atoms with Crippen molar-refractivity contribution in [3.05, 3.63) is 11.5 Å². The van der Waals surface area contributed by atoms with E-state index in [1.54, 1.807) is 0 Å². The highest BCUT2D eigenvalue weighted by Crippen LogP contribution is 2.29. The first kappa shape index (κ1) is 63.4. The van der Waals surface area contributed by atoms with Gasteiger partial charge in [0.1, 0.15) is 32.0 Å². The number of hydrogen-bond acceptors (Lipinski definition) is 11. The molecule has 1 unspecified atom stereocenters. The van der Waals surface area contributed by atoms with Crippen LogP contribution in [0.5, 0.6) is 0 Å². The van der Waals surface area contributed by atoms with Gasteiger partial charge in [0.15, 0.2) is 6.10 Å². The number of aliphatic hydroxyl groups excluding tert-OH is 2. The largest absolute Gasteiger partial charge is 0.481 e. The molecule has 0 amide bonds. The van der Waals surface area contributed by atoms with Gasteiger partial charge in [-0.05, 0) is 19.3 Å². The summed E-state index contributed by atoms with van der Waals surface area (Å²) in [6.07, 6.45) is 42.7. The highest BCUT2D eigenvalue weighted by molar-refractivity contribution is 5.90. The molecule has 0 aromatic rings. The first-order valence-electron chi connectivity index (χ1n) is 28.7. The Balaban J connectivity index is 2.54. The van der Waals surface area contributed by atoms with Gasteiger partial charge >= 0.3 is 23.9 Å². The van der Waals surface area contributed by atoms with Gasteiger partial charge in [-0.2, -0.15) is 0 Å². The maximum atomic E-state index is 13.1. The Morgan fingerprint density at radius 2 is 0.721 bits per heavy atom. The molecule has 0 spiro atoms. The summed E-state index contributed by atoms with van der Waals surface area (Å²) in [7, 11) is 0. The fraction of sp³-hybridized carbons (Fsp3) is 0.895. The molecule has 0 bridgehead atoms. The lowest BCUT2D eigenvalue weighted by Crippen LogP contribution is -2.34. The number of ether oxygens (including phenoxy) is 5. The van der Waals surface area contributed by atoms with Crippen LogP contribution in [0, 0.1) is 0 Å². The van der Waals surface area contributed by atoms with Crippen molar-refractivity contribution in [3.63, 3.8) is 0 Å². The van der Waals surface area contributed by atoms with Crippen molar-refractivity contribution >= 4 is 23.9 Å². The number of rotatable bonds is 51. The van der Waals surface area contributed by atoms with Crippen LogP contribution >= 0.6 is 0 Å². The number of carbonyl (C=O) groups is 4. The van der Waals surface area contributed by atoms with E-state index in [4.69, 9.17) is 23.7 Å². The van der Waals surface area contributed by atoms with Crippen LogP contribution in [0.3, 0.4) is 0 Å². The van der Waals surface area contributed by atoms with Crippen LogP contribution in [0.1, 0.15) is 290 Å². The van der Waals surface area contributed by atoms with Gasteiger partial charge in [0.25, 0.3) is 0 Å². The molecule has 1 aliphatic rings. The Kier molecular flexibility index (Phi) is 43.5. The van der Waals surface area contributed by atoms with Gasteiger partial charge in [0, 0.05) is 19.3 Å². The molecule has 1 rings (SSSR count). The first-order chi connectivity index (χ1) is 33.2. The third kappa shape index (κ3) is 37.2. The monoisotopic (exact) mass is 965 g/mol. The zero-order chi connectivity index (χ0) is 49.6. The minimum atomic E-state index is -1.52. The molecular weight excluding hydrogens is 861 g/mol. The van der Waals surface area contributed by atoms with Gasteiger partial charge in [-0.25, -0.2) is 4.79 Å². The second-order valence-corrected chi connectivity index (χ2v) is 19.9. The standard InChI is InChI=1S/C57H104O11/c1-4-7-10-13-16-19-22-25-28-31-34-37-40-43-51(60)64-46-49(58)47-66-56-55(67-53(62)45-42-39-36-33-30-27-24-21-18-15-12-9-6-3)54(68-57(56)63)50(59)48-65-52(61)44-41-38-35-32-29-26-23-20-17-14-11-8-5-2/h49-50,54,58-59H,4-48H2,1-3H3/t49?,50-,54+/m0/s1. The van der Waals surface area contributed by atoms with E-state index in [2.05, 4.69) is 20.8 Å². The Morgan fingerprint density at radius 3 is 1.06 bits per heavy atom. The van der Waals surface area contributed by atoms with Crippen LogP contribution in [0.2, 0.25) is 0 Å². The Hall–Kier alpha value is -2.66. The average Bonchev–Trinajstić information content (AvgIpc) is 3.64. The third-order valence-electron chi connectivity index (χ3n) is 13.2. The van der Waals surface area contributed by atoms with Gasteiger partial charge in [0.05, 0.1) is 0 Å². The zero-order valence-electron chi connectivity index (χ0n) is 44.1. The SMILES string of the molecule is CCCCCCCCCCCCCCCC(=O)OCC(O)COC1=C(OC(=O)CCCCCCCCCCCCCCC)[C@@H]([C@@H](O)COC(=O)CCCCCCCCCCCCCCC)OC1=O. The lowest BCUT2D eigenvalue weighted by molar-refractivity contribution is -0.157. The average molecular weight is 965 g/mol. The fourth-order valence-corrected chi connectivity index (χ4v) is 8.80. The number of esters is 4. The van der Waals surface area contributed by atoms with Crippen LogP contribution in [0.25, 0.3) is 0 Å². The smallest absolute Gasteiger partial charge is 0.378 e. The quantitative estimate of drug-likeness (QED) is 0.0340. The molecule has 11 nitrogen and oxygen atoms in total. The minimum absolute atomic E-state index is 0.0947. The second-order valence-electron chi connectivity index (χ2n) is 19.9. The summed E-state index contributed by atoms with van der Waals surface area (Å²) in [4.78, 5) is 51.1. The van der Waals surface area contributed by atoms with E-state index in [0.717, 1.165) is 51.4 Å². The second kappa shape index (κ2) is 46.7. The van der Waals surface area contributed by atoms with Gasteiger partial charge < -0.3 is 33.9 Å². The fourth-order valence-electron chi connectivity index (χ4n) is 8.80. The molecule has 0 aromatic heterocycles. The Morgan fingerprint density at radius 1 is 0.426 bits per heavy atom. The maximum Gasteiger partial charge on any atom is 0.378 e. The molecule has 11 heteroatoms. The van der Waals surface area contributed by atoms with E-state index >= 15 is 0 Å². The third-order valence-corrected chi connectivity index (χ3v) is 13.2. The lowest BCUT2D eigenvalue weighted by Gasteiger charge is -2.19. The minimum Gasteiger partial charge on any atom is -0.481 e. The maximum absolute atomic E-state index is 13.1. The van der Waals surface area contributed by atoms with E-state index in [-0.39, 0.29) is 31.6 Å². The molecule has 1 heterocycles. The van der Waals surface area contributed by atoms with E-state index < -0.39 is 61.2 Å². The highest BCUT2D eigenvalue weighted by atomic mass is 16.6. The summed E-state index contributed by atoms with van der Waals surface area (Å²) in [6, 6.07) is 0. The predicted octanol–water partition coefficient (Wildman–Crippen LogP) is 14.9. The molecule has 68 heavy (non-hydrogen) atoms. The molecule has 2 N–H and O–H groups in total. The number of carbonyl (C=O) groups excluding carboxylic acids is 4. The van der Waals surface area contributed by atoms with Gasteiger partial charge in [-0.15, -0.1) is 0 Å². The molecule has 0 saturated heterocycles. The molecule has 0 fully saturated rings. The van der Waals surface area contributed by atoms with Crippen LogP contribution < -0.4 is 0 Å². The summed E-state index contributed by atoms with van der Waals surface area (Å²) < 4.78 is 27.3. The number of unbranched alkanes of at least 4 members (excludes halogenated alkanes) is 36. The molecule has 0 saturated carbocycles. The van der Waals surface area contributed by atoms with Crippen molar-refractivity contribution in [1.82, 2.24) is 0 Å².